The molecule has 0 unspecified atom stereocenters. The van der Waals surface area contributed by atoms with Crippen LogP contribution < -0.4 is 4.74 Å². The first-order valence-electron chi connectivity index (χ1n) is 10.8. The smallest absolute Gasteiger partial charge is 0.219 e. The molecule has 0 atom stereocenters. The first kappa shape index (κ1) is 22.3. The van der Waals surface area contributed by atoms with Gasteiger partial charge in [0.25, 0.3) is 0 Å². The highest BCUT2D eigenvalue weighted by Gasteiger charge is 2.13. The van der Waals surface area contributed by atoms with Crippen LogP contribution in [-0.2, 0) is 17.9 Å². The zero-order chi connectivity index (χ0) is 22.6. The van der Waals surface area contributed by atoms with Crippen LogP contribution in [-0.4, -0.2) is 41.2 Å². The molecule has 1 aromatic carbocycles. The number of pyridine rings is 1. The van der Waals surface area contributed by atoms with Crippen molar-refractivity contribution in [2.45, 2.75) is 38.8 Å². The van der Waals surface area contributed by atoms with E-state index in [2.05, 4.69) is 29.7 Å². The van der Waals surface area contributed by atoms with E-state index < -0.39 is 8.07 Å². The van der Waals surface area contributed by atoms with E-state index in [0.717, 1.165) is 40.4 Å². The monoisotopic (exact) mass is 451 g/mol. The Morgan fingerprint density at radius 1 is 1.12 bits per heavy atom. The fraction of sp³-hybridized carbons (Fsp3) is 0.333. The van der Waals surface area contributed by atoms with E-state index in [1.807, 2.05) is 41.1 Å². The van der Waals surface area contributed by atoms with Gasteiger partial charge >= 0.3 is 0 Å². The topological polar surface area (TPSA) is 82.5 Å². The number of furan rings is 1. The maximum atomic E-state index is 9.15. The standard InChI is InChI=1S/C24H29N3O4Si/c1-32(2,3)13-12-29-17-27-22(8-10-26-27)18-4-7-24(25-15-18)31-20-5-6-21-19(9-11-28)16-30-23(21)14-20/h4-8,10,14-16,28H,9,11-13,17H2,1-3H3. The second-order valence-corrected chi connectivity index (χ2v) is 14.6. The van der Waals surface area contributed by atoms with Gasteiger partial charge in [-0.25, -0.2) is 9.67 Å². The van der Waals surface area contributed by atoms with Crippen molar-refractivity contribution >= 4 is 19.0 Å². The molecule has 0 saturated carbocycles. The molecule has 8 heteroatoms. The summed E-state index contributed by atoms with van der Waals surface area (Å²) in [6.07, 6.45) is 5.78. The van der Waals surface area contributed by atoms with E-state index in [1.54, 1.807) is 18.7 Å². The van der Waals surface area contributed by atoms with Crippen molar-refractivity contribution in [2.75, 3.05) is 13.2 Å². The van der Waals surface area contributed by atoms with E-state index in [4.69, 9.17) is 19.0 Å². The molecule has 0 radical (unpaired) electrons. The van der Waals surface area contributed by atoms with Crippen molar-refractivity contribution < 1.29 is 19.0 Å². The largest absolute Gasteiger partial charge is 0.464 e. The van der Waals surface area contributed by atoms with Gasteiger partial charge in [-0.1, -0.05) is 19.6 Å². The van der Waals surface area contributed by atoms with Gasteiger partial charge in [0.15, 0.2) is 0 Å². The summed E-state index contributed by atoms with van der Waals surface area (Å²) in [5.41, 5.74) is 3.60. The molecule has 0 amide bonds. The van der Waals surface area contributed by atoms with Gasteiger partial charge in [-0.05, 0) is 36.7 Å². The summed E-state index contributed by atoms with van der Waals surface area (Å²) in [5.74, 6) is 1.14. The molecule has 32 heavy (non-hydrogen) atoms. The van der Waals surface area contributed by atoms with E-state index in [-0.39, 0.29) is 6.61 Å². The molecule has 3 heterocycles. The van der Waals surface area contributed by atoms with Crippen molar-refractivity contribution in [3.63, 3.8) is 0 Å². The lowest BCUT2D eigenvalue weighted by atomic mass is 10.1. The average Bonchev–Trinajstić information content (AvgIpc) is 3.38. The third-order valence-corrected chi connectivity index (χ3v) is 6.89. The van der Waals surface area contributed by atoms with Gasteiger partial charge in [0.2, 0.25) is 5.88 Å². The Morgan fingerprint density at radius 3 is 2.75 bits per heavy atom. The molecule has 0 aliphatic carbocycles. The lowest BCUT2D eigenvalue weighted by Crippen LogP contribution is -2.22. The van der Waals surface area contributed by atoms with Crippen molar-refractivity contribution in [1.82, 2.24) is 14.8 Å². The van der Waals surface area contributed by atoms with Gasteiger partial charge in [-0.15, -0.1) is 0 Å². The van der Waals surface area contributed by atoms with Crippen LogP contribution in [0.15, 0.2) is 59.5 Å². The molecular formula is C24H29N3O4Si. The van der Waals surface area contributed by atoms with Gasteiger partial charge in [-0.3, -0.25) is 0 Å². The minimum atomic E-state index is -1.11. The van der Waals surface area contributed by atoms with Crippen LogP contribution in [0, 0.1) is 0 Å². The summed E-state index contributed by atoms with van der Waals surface area (Å²) in [5, 5.41) is 14.5. The number of aliphatic hydroxyl groups excluding tert-OH is 1. The number of rotatable bonds is 10. The highest BCUT2D eigenvalue weighted by molar-refractivity contribution is 6.76. The summed E-state index contributed by atoms with van der Waals surface area (Å²) < 4.78 is 19.2. The summed E-state index contributed by atoms with van der Waals surface area (Å²) >= 11 is 0. The van der Waals surface area contributed by atoms with Crippen LogP contribution in [0.4, 0.5) is 0 Å². The molecule has 0 aliphatic heterocycles. The molecule has 0 aliphatic rings. The Hall–Kier alpha value is -2.94. The number of fused-ring (bicyclic) bond motifs is 1. The highest BCUT2D eigenvalue weighted by Crippen LogP contribution is 2.29. The van der Waals surface area contributed by atoms with Crippen molar-refractivity contribution in [3.05, 3.63) is 60.6 Å². The van der Waals surface area contributed by atoms with E-state index in [1.165, 1.54) is 0 Å². The van der Waals surface area contributed by atoms with Gasteiger partial charge in [-0.2, -0.15) is 5.10 Å². The van der Waals surface area contributed by atoms with Crippen molar-refractivity contribution in [1.29, 1.82) is 0 Å². The van der Waals surface area contributed by atoms with E-state index in [9.17, 15) is 0 Å². The number of nitrogens with zero attached hydrogens (tertiary/aromatic N) is 3. The molecule has 0 fully saturated rings. The predicted octanol–water partition coefficient (Wildman–Crippen LogP) is 5.33. The molecule has 0 saturated heterocycles. The zero-order valence-corrected chi connectivity index (χ0v) is 19.7. The fourth-order valence-corrected chi connectivity index (χ4v) is 4.12. The van der Waals surface area contributed by atoms with Crippen molar-refractivity contribution in [2.24, 2.45) is 0 Å². The number of benzene rings is 1. The third-order valence-electron chi connectivity index (χ3n) is 5.19. The molecule has 4 rings (SSSR count). The molecule has 4 aromatic rings. The van der Waals surface area contributed by atoms with Crippen LogP contribution in [0.25, 0.3) is 22.2 Å². The SMILES string of the molecule is C[Si](C)(C)CCOCn1nccc1-c1ccc(Oc2ccc3c(CCO)coc3c2)nc1. The number of aromatic nitrogens is 3. The Labute approximate surface area is 188 Å². The first-order chi connectivity index (χ1) is 15.4. The normalized spacial score (nSPS) is 11.9. The summed E-state index contributed by atoms with van der Waals surface area (Å²) in [4.78, 5) is 4.45. The summed E-state index contributed by atoms with van der Waals surface area (Å²) in [6, 6.07) is 12.5. The van der Waals surface area contributed by atoms with Gasteiger partial charge in [0.1, 0.15) is 18.1 Å². The average molecular weight is 452 g/mol. The molecular weight excluding hydrogens is 422 g/mol. The Kier molecular flexibility index (Phi) is 6.74. The lowest BCUT2D eigenvalue weighted by molar-refractivity contribution is 0.0798. The predicted molar refractivity (Wildman–Crippen MR) is 127 cm³/mol. The summed E-state index contributed by atoms with van der Waals surface area (Å²) in [7, 11) is -1.11. The van der Waals surface area contributed by atoms with Crippen LogP contribution in [0.3, 0.4) is 0 Å². The number of ether oxygens (including phenoxy) is 2. The Morgan fingerprint density at radius 2 is 2.00 bits per heavy atom. The van der Waals surface area contributed by atoms with Gasteiger partial charge < -0.3 is 19.0 Å². The lowest BCUT2D eigenvalue weighted by Gasteiger charge is -2.16. The van der Waals surface area contributed by atoms with E-state index in [0.29, 0.717) is 24.8 Å². The zero-order valence-electron chi connectivity index (χ0n) is 18.7. The third kappa shape index (κ3) is 5.45. The van der Waals surface area contributed by atoms with Crippen LogP contribution in [0.1, 0.15) is 5.56 Å². The highest BCUT2D eigenvalue weighted by atomic mass is 28.3. The maximum absolute atomic E-state index is 9.15. The molecule has 168 valence electrons. The van der Waals surface area contributed by atoms with Gasteiger partial charge in [0, 0.05) is 62.3 Å². The molecule has 0 bridgehead atoms. The van der Waals surface area contributed by atoms with E-state index >= 15 is 0 Å². The molecule has 1 N–H and O–H groups in total. The minimum absolute atomic E-state index is 0.0899. The number of hydrogen-bond acceptors (Lipinski definition) is 6. The van der Waals surface area contributed by atoms with Crippen LogP contribution in [0.2, 0.25) is 25.7 Å². The molecule has 3 aromatic heterocycles. The fourth-order valence-electron chi connectivity index (χ4n) is 3.36. The van der Waals surface area contributed by atoms with Crippen molar-refractivity contribution in [3.8, 4) is 22.9 Å². The Balaban J connectivity index is 1.41. The molecule has 0 spiro atoms. The van der Waals surface area contributed by atoms with Gasteiger partial charge in [0.05, 0.1) is 12.0 Å². The quantitative estimate of drug-likeness (QED) is 0.259. The second kappa shape index (κ2) is 9.68. The number of aliphatic hydroxyl groups is 1. The van der Waals surface area contributed by atoms with Crippen LogP contribution >= 0.6 is 0 Å². The number of hydrogen-bond donors (Lipinski definition) is 1. The van der Waals surface area contributed by atoms with Crippen LogP contribution in [0.5, 0.6) is 11.6 Å². The Bertz CT molecular complexity index is 1160. The summed E-state index contributed by atoms with van der Waals surface area (Å²) in [6.45, 7) is 8.28. The second-order valence-electron chi connectivity index (χ2n) is 8.94. The minimum Gasteiger partial charge on any atom is -0.464 e. The first-order valence-corrected chi connectivity index (χ1v) is 14.5. The molecule has 7 nitrogen and oxygen atoms in total. The maximum Gasteiger partial charge on any atom is 0.219 e.